The van der Waals surface area contributed by atoms with E-state index in [4.69, 9.17) is 0 Å². The van der Waals surface area contributed by atoms with Crippen LogP contribution in [0, 0.1) is 0 Å². The Balaban J connectivity index is 3.21. The van der Waals surface area contributed by atoms with E-state index in [-0.39, 0.29) is 0 Å². The fourth-order valence-corrected chi connectivity index (χ4v) is 2.30. The summed E-state index contributed by atoms with van der Waals surface area (Å²) >= 11 is 0. The molecular formula is C9H21P. The third-order valence-corrected chi connectivity index (χ3v) is 3.35. The van der Waals surface area contributed by atoms with Crippen LogP contribution in [0.4, 0.5) is 0 Å². The second kappa shape index (κ2) is 7.54. The van der Waals surface area contributed by atoms with Crippen LogP contribution in [0.1, 0.15) is 46.0 Å². The highest BCUT2D eigenvalue weighted by Crippen LogP contribution is 2.24. The van der Waals surface area contributed by atoms with E-state index in [0.717, 1.165) is 5.66 Å². The number of unbranched alkanes of at least 4 members (excludes halogenated alkanes) is 1. The monoisotopic (exact) mass is 160 g/mol. The van der Waals surface area contributed by atoms with Crippen LogP contribution < -0.4 is 0 Å². The van der Waals surface area contributed by atoms with E-state index >= 15 is 0 Å². The average Bonchev–Trinajstić information content (AvgIpc) is 1.98. The Labute approximate surface area is 67.6 Å². The molecule has 0 aromatic rings. The highest BCUT2D eigenvalue weighted by atomic mass is 31.1. The van der Waals surface area contributed by atoms with Gasteiger partial charge in [0.05, 0.1) is 0 Å². The molecule has 0 aliphatic rings. The molecule has 1 heteroatoms. The molecular weight excluding hydrogens is 139 g/mol. The largest absolute Gasteiger partial charge is 0.122 e. The average molecular weight is 160 g/mol. The van der Waals surface area contributed by atoms with E-state index in [1.165, 1.54) is 40.7 Å². The van der Waals surface area contributed by atoms with E-state index in [2.05, 4.69) is 20.5 Å². The summed E-state index contributed by atoms with van der Waals surface area (Å²) < 4.78 is 0. The normalized spacial score (nSPS) is 14.7. The van der Waals surface area contributed by atoms with Crippen molar-refractivity contribution < 1.29 is 0 Å². The maximum atomic E-state index is 2.34. The van der Waals surface area contributed by atoms with Gasteiger partial charge in [-0.15, -0.1) is 8.58 Å². The minimum Gasteiger partial charge on any atom is -0.122 e. The zero-order valence-electron chi connectivity index (χ0n) is 7.61. The van der Waals surface area contributed by atoms with Gasteiger partial charge in [0.25, 0.3) is 0 Å². The first-order valence-electron chi connectivity index (χ1n) is 4.52. The second-order valence-electron chi connectivity index (χ2n) is 2.92. The van der Waals surface area contributed by atoms with Crippen LogP contribution in [0.5, 0.6) is 0 Å². The molecule has 0 aliphatic carbocycles. The van der Waals surface area contributed by atoms with E-state index in [0.29, 0.717) is 0 Å². The van der Waals surface area contributed by atoms with Crippen LogP contribution in [0.3, 0.4) is 0 Å². The third kappa shape index (κ3) is 5.23. The van der Waals surface area contributed by atoms with E-state index < -0.39 is 0 Å². The minimum atomic E-state index is 1.05. The fraction of sp³-hybridized carbons (Fsp3) is 1.00. The lowest BCUT2D eigenvalue weighted by atomic mass is 10.1. The summed E-state index contributed by atoms with van der Waals surface area (Å²) in [6.45, 7) is 6.91. The van der Waals surface area contributed by atoms with Crippen molar-refractivity contribution in [3.63, 3.8) is 0 Å². The molecule has 2 atom stereocenters. The molecule has 0 aromatic heterocycles. The first kappa shape index (κ1) is 10.4. The summed E-state index contributed by atoms with van der Waals surface area (Å²) in [5.74, 6) is 0. The van der Waals surface area contributed by atoms with Gasteiger partial charge < -0.3 is 0 Å². The summed E-state index contributed by atoms with van der Waals surface area (Å²) in [7, 11) is 1.17. The molecule has 0 fully saturated rings. The van der Waals surface area contributed by atoms with Crippen molar-refractivity contribution in [1.82, 2.24) is 0 Å². The molecule has 0 bridgehead atoms. The Hall–Kier alpha value is 0.430. The summed E-state index contributed by atoms with van der Waals surface area (Å²) in [6, 6.07) is 0. The van der Waals surface area contributed by atoms with Gasteiger partial charge >= 0.3 is 0 Å². The molecule has 0 radical (unpaired) electrons. The Morgan fingerprint density at radius 3 is 2.20 bits per heavy atom. The van der Waals surface area contributed by atoms with E-state index in [1.807, 2.05) is 0 Å². The molecule has 0 rings (SSSR count). The molecule has 0 aliphatic heterocycles. The fourth-order valence-electron chi connectivity index (χ4n) is 1.23. The molecule has 0 nitrogen and oxygen atoms in total. The van der Waals surface area contributed by atoms with Crippen molar-refractivity contribution in [2.75, 3.05) is 6.66 Å². The van der Waals surface area contributed by atoms with Crippen LogP contribution in [-0.4, -0.2) is 12.3 Å². The summed E-state index contributed by atoms with van der Waals surface area (Å²) in [5, 5.41) is 0. The molecule has 0 aromatic carbocycles. The van der Waals surface area contributed by atoms with Crippen molar-refractivity contribution >= 4 is 8.58 Å². The van der Waals surface area contributed by atoms with Crippen molar-refractivity contribution in [3.05, 3.63) is 0 Å². The molecule has 2 unspecified atom stereocenters. The quantitative estimate of drug-likeness (QED) is 0.520. The first-order chi connectivity index (χ1) is 4.85. The van der Waals surface area contributed by atoms with Gasteiger partial charge in [0, 0.05) is 0 Å². The SMILES string of the molecule is CCCCC(CCC)PC. The highest BCUT2D eigenvalue weighted by molar-refractivity contribution is 7.37. The molecule has 62 valence electrons. The Morgan fingerprint density at radius 1 is 1.10 bits per heavy atom. The van der Waals surface area contributed by atoms with Crippen molar-refractivity contribution in [3.8, 4) is 0 Å². The maximum Gasteiger partial charge on any atom is -0.0239 e. The van der Waals surface area contributed by atoms with Gasteiger partial charge in [-0.1, -0.05) is 33.1 Å². The maximum absolute atomic E-state index is 2.34. The second-order valence-corrected chi connectivity index (χ2v) is 4.31. The Morgan fingerprint density at radius 2 is 1.80 bits per heavy atom. The van der Waals surface area contributed by atoms with Gasteiger partial charge in [-0.3, -0.25) is 0 Å². The molecule has 0 saturated carbocycles. The molecule has 10 heavy (non-hydrogen) atoms. The van der Waals surface area contributed by atoms with Gasteiger partial charge in [0.15, 0.2) is 0 Å². The zero-order chi connectivity index (χ0) is 7.82. The van der Waals surface area contributed by atoms with Crippen LogP contribution in [0.25, 0.3) is 0 Å². The number of hydrogen-bond acceptors (Lipinski definition) is 0. The lowest BCUT2D eigenvalue weighted by Gasteiger charge is -2.11. The van der Waals surface area contributed by atoms with Gasteiger partial charge in [-0.05, 0) is 25.2 Å². The minimum absolute atomic E-state index is 1.05. The molecule has 0 amide bonds. The van der Waals surface area contributed by atoms with Crippen LogP contribution >= 0.6 is 8.58 Å². The third-order valence-electron chi connectivity index (χ3n) is 1.95. The first-order valence-corrected chi connectivity index (χ1v) is 6.10. The van der Waals surface area contributed by atoms with Crippen molar-refractivity contribution in [2.45, 2.75) is 51.6 Å². The van der Waals surface area contributed by atoms with E-state index in [1.54, 1.807) is 0 Å². The van der Waals surface area contributed by atoms with Gasteiger partial charge in [0.1, 0.15) is 0 Å². The van der Waals surface area contributed by atoms with Crippen LogP contribution in [0.2, 0.25) is 0 Å². The van der Waals surface area contributed by atoms with Gasteiger partial charge in [-0.25, -0.2) is 0 Å². The highest BCUT2D eigenvalue weighted by Gasteiger charge is 2.02. The standard InChI is InChI=1S/C9H21P/c1-4-6-8-9(10-3)7-5-2/h9-10H,4-8H2,1-3H3. The Kier molecular flexibility index (Phi) is 7.86. The van der Waals surface area contributed by atoms with Crippen LogP contribution in [-0.2, 0) is 0 Å². The van der Waals surface area contributed by atoms with Crippen LogP contribution in [0.15, 0.2) is 0 Å². The van der Waals surface area contributed by atoms with Crippen molar-refractivity contribution in [1.29, 1.82) is 0 Å². The molecule has 0 saturated heterocycles. The molecule has 0 spiro atoms. The van der Waals surface area contributed by atoms with Crippen molar-refractivity contribution in [2.24, 2.45) is 0 Å². The Bertz CT molecular complexity index is 61.7. The lowest BCUT2D eigenvalue weighted by molar-refractivity contribution is 0.636. The van der Waals surface area contributed by atoms with E-state index in [9.17, 15) is 0 Å². The summed E-state index contributed by atoms with van der Waals surface area (Å²) in [4.78, 5) is 0. The smallest absolute Gasteiger partial charge is 0.0239 e. The molecule has 0 heterocycles. The topological polar surface area (TPSA) is 0 Å². The number of rotatable bonds is 6. The predicted molar refractivity (Wildman–Crippen MR) is 52.5 cm³/mol. The number of hydrogen-bond donors (Lipinski definition) is 0. The summed E-state index contributed by atoms with van der Waals surface area (Å²) in [6.07, 6.45) is 7.10. The zero-order valence-corrected chi connectivity index (χ0v) is 8.61. The van der Waals surface area contributed by atoms with Gasteiger partial charge in [0.2, 0.25) is 0 Å². The molecule has 0 N–H and O–H groups in total. The summed E-state index contributed by atoms with van der Waals surface area (Å²) in [5.41, 5.74) is 1.05. The lowest BCUT2D eigenvalue weighted by Crippen LogP contribution is -1.98. The predicted octanol–water partition coefficient (Wildman–Crippen LogP) is 3.65. The van der Waals surface area contributed by atoms with Gasteiger partial charge in [-0.2, -0.15) is 0 Å².